The van der Waals surface area contributed by atoms with Gasteiger partial charge in [0.05, 0.1) is 16.8 Å². The summed E-state index contributed by atoms with van der Waals surface area (Å²) in [5.74, 6) is 2.20. The number of nitrogens with zero attached hydrogens (tertiary/aromatic N) is 9. The van der Waals surface area contributed by atoms with Gasteiger partial charge in [-0.05, 0) is 60.9 Å². The zero-order valence-electron chi connectivity index (χ0n) is 24.6. The fourth-order valence-corrected chi connectivity index (χ4v) is 6.44. The highest BCUT2D eigenvalue weighted by Crippen LogP contribution is 2.46. The third-order valence-corrected chi connectivity index (χ3v) is 8.83. The third kappa shape index (κ3) is 4.93. The molecule has 0 radical (unpaired) electrons. The van der Waals surface area contributed by atoms with Gasteiger partial charge >= 0.3 is 0 Å². The Morgan fingerprint density at radius 1 is 0.822 bits per heavy atom. The molecule has 0 unspecified atom stereocenters. The van der Waals surface area contributed by atoms with Crippen LogP contribution < -0.4 is 10.6 Å². The molecule has 0 atom stereocenters. The van der Waals surface area contributed by atoms with Gasteiger partial charge in [-0.1, -0.05) is 42.5 Å². The van der Waals surface area contributed by atoms with Crippen molar-refractivity contribution in [2.24, 2.45) is 0 Å². The highest BCUT2D eigenvalue weighted by molar-refractivity contribution is 5.84. The quantitative estimate of drug-likeness (QED) is 0.277. The van der Waals surface area contributed by atoms with E-state index in [2.05, 4.69) is 71.8 Å². The van der Waals surface area contributed by atoms with Crippen LogP contribution in [0.4, 0.5) is 11.6 Å². The highest BCUT2D eigenvalue weighted by atomic mass is 15.4. The van der Waals surface area contributed by atoms with E-state index in [0.29, 0.717) is 11.6 Å². The maximum Gasteiger partial charge on any atom is 0.234 e. The van der Waals surface area contributed by atoms with Crippen molar-refractivity contribution in [3.8, 4) is 34.4 Å². The molecule has 0 bridgehead atoms. The highest BCUT2D eigenvalue weighted by Gasteiger charge is 2.51. The standard InChI is InChI=1S/C35H30N10/c36-21-30-38-18-14-31(42-30)44-20-19-43(23-35(44)15-16-35)22-24-8-10-26(11-9-24)45-33(27-7-4-17-39-32(27)37)41-29-13-12-28(40-34(29)45)25-5-2-1-3-6-25/h1-14,17-18H,15-16,19-20,22-23H2,(H2,37,39). The molecule has 0 amide bonds. The number of anilines is 2. The van der Waals surface area contributed by atoms with E-state index in [1.165, 1.54) is 5.56 Å². The lowest BCUT2D eigenvalue weighted by Crippen LogP contribution is -2.55. The van der Waals surface area contributed by atoms with Crippen molar-refractivity contribution >= 4 is 22.8 Å². The summed E-state index contributed by atoms with van der Waals surface area (Å²) in [4.78, 5) is 27.8. The number of imidazole rings is 1. The van der Waals surface area contributed by atoms with Gasteiger partial charge in [-0.15, -0.1) is 0 Å². The van der Waals surface area contributed by atoms with Crippen molar-refractivity contribution in [1.82, 2.24) is 34.4 Å². The smallest absolute Gasteiger partial charge is 0.234 e. The van der Waals surface area contributed by atoms with E-state index >= 15 is 0 Å². The minimum atomic E-state index is 0.0790. The van der Waals surface area contributed by atoms with Gasteiger partial charge in [-0.25, -0.2) is 24.9 Å². The first-order valence-corrected chi connectivity index (χ1v) is 15.1. The Kier molecular flexibility index (Phi) is 6.47. The monoisotopic (exact) mass is 590 g/mol. The molecule has 10 heteroatoms. The number of piperazine rings is 1. The van der Waals surface area contributed by atoms with Crippen molar-refractivity contribution < 1.29 is 0 Å². The van der Waals surface area contributed by atoms with Crippen LogP contribution in [0.2, 0.25) is 0 Å². The molecule has 10 nitrogen and oxygen atoms in total. The van der Waals surface area contributed by atoms with E-state index in [1.807, 2.05) is 48.5 Å². The van der Waals surface area contributed by atoms with Gasteiger partial charge in [0.2, 0.25) is 5.82 Å². The molecule has 1 saturated heterocycles. The van der Waals surface area contributed by atoms with E-state index < -0.39 is 0 Å². The second-order valence-electron chi connectivity index (χ2n) is 11.7. The molecule has 5 heterocycles. The number of nitrogens with two attached hydrogens (primary N) is 1. The Bertz CT molecular complexity index is 2060. The molecular weight excluding hydrogens is 560 g/mol. The van der Waals surface area contributed by atoms with Crippen molar-refractivity contribution in [1.29, 1.82) is 5.26 Å². The number of hydrogen-bond donors (Lipinski definition) is 1. The Balaban J connectivity index is 1.09. The minimum Gasteiger partial charge on any atom is -0.383 e. The summed E-state index contributed by atoms with van der Waals surface area (Å²) in [5, 5.41) is 9.27. The second-order valence-corrected chi connectivity index (χ2v) is 11.7. The van der Waals surface area contributed by atoms with E-state index in [1.54, 1.807) is 12.4 Å². The van der Waals surface area contributed by atoms with Gasteiger partial charge in [0, 0.05) is 49.8 Å². The van der Waals surface area contributed by atoms with Crippen LogP contribution in [-0.4, -0.2) is 59.6 Å². The van der Waals surface area contributed by atoms with Crippen molar-refractivity contribution in [3.63, 3.8) is 0 Å². The lowest BCUT2D eigenvalue weighted by molar-refractivity contribution is 0.205. The predicted molar refractivity (Wildman–Crippen MR) is 173 cm³/mol. The minimum absolute atomic E-state index is 0.0790. The number of pyridine rings is 2. The van der Waals surface area contributed by atoms with Gasteiger partial charge in [0.15, 0.2) is 11.5 Å². The Hall–Kier alpha value is -5.66. The predicted octanol–water partition coefficient (Wildman–Crippen LogP) is 5.25. The fraction of sp³-hybridized carbons (Fsp3) is 0.200. The molecule has 1 spiro atoms. The molecule has 2 aliphatic rings. The summed E-state index contributed by atoms with van der Waals surface area (Å²) >= 11 is 0. The van der Waals surface area contributed by atoms with Crippen LogP contribution in [0.15, 0.2) is 97.3 Å². The summed E-state index contributed by atoms with van der Waals surface area (Å²) < 4.78 is 2.08. The lowest BCUT2D eigenvalue weighted by Gasteiger charge is -2.43. The van der Waals surface area contributed by atoms with Crippen LogP contribution in [-0.2, 0) is 6.54 Å². The van der Waals surface area contributed by atoms with E-state index in [4.69, 9.17) is 15.7 Å². The largest absolute Gasteiger partial charge is 0.383 e. The molecule has 6 aromatic rings. The van der Waals surface area contributed by atoms with Crippen LogP contribution in [0.5, 0.6) is 0 Å². The second kappa shape index (κ2) is 10.8. The SMILES string of the molecule is N#Cc1nccc(N2CCN(Cc3ccc(-n4c(-c5cccnc5N)nc5ccc(-c6ccccc6)nc54)cc3)CC23CC3)n1. The maximum atomic E-state index is 9.27. The normalized spacial score (nSPS) is 15.8. The van der Waals surface area contributed by atoms with E-state index in [0.717, 1.165) is 78.5 Å². The Morgan fingerprint density at radius 3 is 2.44 bits per heavy atom. The van der Waals surface area contributed by atoms with Crippen LogP contribution in [0.1, 0.15) is 24.2 Å². The molecule has 1 aliphatic carbocycles. The van der Waals surface area contributed by atoms with Gasteiger partial charge in [-0.2, -0.15) is 5.26 Å². The van der Waals surface area contributed by atoms with Crippen LogP contribution >= 0.6 is 0 Å². The molecule has 220 valence electrons. The number of hydrogen-bond acceptors (Lipinski definition) is 9. The van der Waals surface area contributed by atoms with Gasteiger partial charge < -0.3 is 10.6 Å². The topological polar surface area (TPSA) is 126 Å². The van der Waals surface area contributed by atoms with Crippen molar-refractivity contribution in [2.75, 3.05) is 30.3 Å². The molecule has 1 aliphatic heterocycles. The zero-order valence-corrected chi connectivity index (χ0v) is 24.6. The van der Waals surface area contributed by atoms with Gasteiger partial charge in [-0.3, -0.25) is 9.47 Å². The Morgan fingerprint density at radius 2 is 1.67 bits per heavy atom. The van der Waals surface area contributed by atoms with Crippen LogP contribution in [0.3, 0.4) is 0 Å². The molecular formula is C35H30N10. The summed E-state index contributed by atoms with van der Waals surface area (Å²) in [7, 11) is 0. The van der Waals surface area contributed by atoms with Crippen LogP contribution in [0.25, 0.3) is 39.5 Å². The molecule has 2 N–H and O–H groups in total. The molecule has 8 rings (SSSR count). The Labute approximate surface area is 260 Å². The first kappa shape index (κ1) is 26.9. The number of nitriles is 1. The van der Waals surface area contributed by atoms with Crippen molar-refractivity contribution in [2.45, 2.75) is 24.9 Å². The third-order valence-electron chi connectivity index (χ3n) is 8.83. The lowest BCUT2D eigenvalue weighted by atomic mass is 10.1. The fourth-order valence-electron chi connectivity index (χ4n) is 6.44. The molecule has 2 aromatic carbocycles. The summed E-state index contributed by atoms with van der Waals surface area (Å²) in [6, 6.07) is 30.6. The first-order chi connectivity index (χ1) is 22.1. The molecule has 2 fully saturated rings. The van der Waals surface area contributed by atoms with Crippen LogP contribution in [0, 0.1) is 11.3 Å². The average Bonchev–Trinajstić information content (AvgIpc) is 3.74. The molecule has 4 aromatic heterocycles. The number of aromatic nitrogens is 6. The maximum absolute atomic E-state index is 9.27. The molecule has 45 heavy (non-hydrogen) atoms. The van der Waals surface area contributed by atoms with E-state index in [9.17, 15) is 5.26 Å². The summed E-state index contributed by atoms with van der Waals surface area (Å²) in [6.45, 7) is 3.60. The van der Waals surface area contributed by atoms with Crippen molar-refractivity contribution in [3.05, 3.63) is 109 Å². The van der Waals surface area contributed by atoms with Gasteiger partial charge in [0.25, 0.3) is 0 Å². The summed E-state index contributed by atoms with van der Waals surface area (Å²) in [5.41, 5.74) is 12.9. The number of nitrogen functional groups attached to an aromatic ring is 1. The summed E-state index contributed by atoms with van der Waals surface area (Å²) in [6.07, 6.45) is 5.62. The van der Waals surface area contributed by atoms with E-state index in [-0.39, 0.29) is 11.4 Å². The number of benzene rings is 2. The zero-order chi connectivity index (χ0) is 30.4. The molecule has 1 saturated carbocycles. The number of rotatable bonds is 6. The van der Waals surface area contributed by atoms with Gasteiger partial charge in [0.1, 0.15) is 23.2 Å². The number of fused-ring (bicyclic) bond motifs is 1. The first-order valence-electron chi connectivity index (χ1n) is 15.1. The average molecular weight is 591 g/mol.